The predicted molar refractivity (Wildman–Crippen MR) is 147 cm³/mol. The van der Waals surface area contributed by atoms with E-state index in [4.69, 9.17) is 0 Å². The molecule has 2 aliphatic heterocycles. The van der Waals surface area contributed by atoms with Gasteiger partial charge in [-0.15, -0.1) is 5.10 Å². The monoisotopic (exact) mass is 649 g/mol. The lowest BCUT2D eigenvalue weighted by Crippen LogP contribution is -2.37. The molecule has 1 saturated heterocycles. The Kier molecular flexibility index (Phi) is 8.99. The summed E-state index contributed by atoms with van der Waals surface area (Å²) < 4.78 is 125. The van der Waals surface area contributed by atoms with Gasteiger partial charge in [-0.25, -0.2) is 0 Å². The number of hydrogen-bond donors (Lipinski definition) is 1. The first-order valence-corrected chi connectivity index (χ1v) is 14.5. The summed E-state index contributed by atoms with van der Waals surface area (Å²) in [6.45, 7) is 3.34. The van der Waals surface area contributed by atoms with E-state index in [0.29, 0.717) is 49.3 Å². The van der Waals surface area contributed by atoms with Gasteiger partial charge < -0.3 is 15.1 Å². The van der Waals surface area contributed by atoms with Crippen molar-refractivity contribution in [2.45, 2.75) is 63.7 Å². The average Bonchev–Trinajstić information content (AvgIpc) is 3.30. The molecule has 7 nitrogen and oxygen atoms in total. The molecule has 0 aliphatic carbocycles. The van der Waals surface area contributed by atoms with Crippen LogP contribution in [0.4, 0.5) is 51.1 Å². The quantitative estimate of drug-likeness (QED) is 0.293. The molecule has 0 saturated carbocycles. The Hall–Kier alpha value is -3.56. The van der Waals surface area contributed by atoms with Gasteiger partial charge in [0.25, 0.3) is 5.95 Å². The lowest BCUT2D eigenvalue weighted by Gasteiger charge is -2.35. The number of aryl methyl sites for hydroxylation is 2. The van der Waals surface area contributed by atoms with Crippen molar-refractivity contribution in [3.05, 3.63) is 63.7 Å². The topological polar surface area (TPSA) is 62.1 Å². The van der Waals surface area contributed by atoms with Crippen LogP contribution in [0.1, 0.15) is 65.1 Å². The molecule has 0 radical (unpaired) electrons. The zero-order valence-electron chi connectivity index (χ0n) is 24.5. The molecule has 0 amide bonds. The van der Waals surface area contributed by atoms with Crippen LogP contribution >= 0.6 is 0 Å². The summed E-state index contributed by atoms with van der Waals surface area (Å²) >= 11 is 0. The Morgan fingerprint density at radius 1 is 0.867 bits per heavy atom. The molecule has 2 aromatic carbocycles. The summed E-state index contributed by atoms with van der Waals surface area (Å²) in [4.78, 5) is 4.45. The van der Waals surface area contributed by atoms with Crippen LogP contribution in [-0.4, -0.2) is 46.4 Å². The Morgan fingerprint density at radius 3 is 2.07 bits per heavy atom. The van der Waals surface area contributed by atoms with Gasteiger partial charge in [0.05, 0.1) is 29.8 Å². The Bertz CT molecular complexity index is 1460. The number of fused-ring (bicyclic) bond motifs is 1. The molecule has 1 fully saturated rings. The zero-order chi connectivity index (χ0) is 32.7. The van der Waals surface area contributed by atoms with Crippen LogP contribution in [0.25, 0.3) is 0 Å². The van der Waals surface area contributed by atoms with E-state index in [-0.39, 0.29) is 29.1 Å². The number of anilines is 2. The Balaban J connectivity index is 1.64. The third kappa shape index (κ3) is 7.47. The fourth-order valence-corrected chi connectivity index (χ4v) is 6.22. The standard InChI is InChI=1S/C29H32F9N7/c1-17-10-22-24(4-3-9-44(15-18-5-7-39-8-6-18)25(22)14-23(17)29(36,37)38)45(26-40-42-43(2)41-26)16-19-11-20(27(30,31)32)13-21(12-19)28(33,34)35/h10-14,18,24,39H,3-9,15-16H2,1-2H3. The minimum absolute atomic E-state index is 0.0516. The van der Waals surface area contributed by atoms with Crippen molar-refractivity contribution in [1.29, 1.82) is 0 Å². The van der Waals surface area contributed by atoms with Crippen molar-refractivity contribution in [2.75, 3.05) is 36.0 Å². The van der Waals surface area contributed by atoms with Gasteiger partial charge in [-0.3, -0.25) is 0 Å². The van der Waals surface area contributed by atoms with Crippen molar-refractivity contribution < 1.29 is 39.5 Å². The molecule has 45 heavy (non-hydrogen) atoms. The number of benzene rings is 2. The smallest absolute Gasteiger partial charge is 0.371 e. The van der Waals surface area contributed by atoms with Gasteiger partial charge in [-0.2, -0.15) is 44.3 Å². The van der Waals surface area contributed by atoms with E-state index in [2.05, 4.69) is 20.7 Å². The summed E-state index contributed by atoms with van der Waals surface area (Å²) in [5, 5.41) is 15.3. The summed E-state index contributed by atoms with van der Waals surface area (Å²) in [5.41, 5.74) is -3.34. The van der Waals surface area contributed by atoms with E-state index in [9.17, 15) is 39.5 Å². The summed E-state index contributed by atoms with van der Waals surface area (Å²) in [5.74, 6) is 0.152. The van der Waals surface area contributed by atoms with E-state index >= 15 is 0 Å². The Labute approximate surface area is 253 Å². The Morgan fingerprint density at radius 2 is 1.51 bits per heavy atom. The van der Waals surface area contributed by atoms with Gasteiger partial charge in [0.2, 0.25) is 0 Å². The van der Waals surface area contributed by atoms with Crippen LogP contribution in [0.3, 0.4) is 0 Å². The second-order valence-corrected chi connectivity index (χ2v) is 11.6. The van der Waals surface area contributed by atoms with Crippen molar-refractivity contribution in [2.24, 2.45) is 13.0 Å². The van der Waals surface area contributed by atoms with Gasteiger partial charge in [0, 0.05) is 25.3 Å². The van der Waals surface area contributed by atoms with Crippen molar-refractivity contribution in [3.8, 4) is 0 Å². The number of aromatic nitrogens is 4. The molecular weight excluding hydrogens is 617 g/mol. The normalized spacial score (nSPS) is 18.6. The molecular formula is C29H32F9N7. The number of tetrazole rings is 1. The number of nitrogens with zero attached hydrogens (tertiary/aromatic N) is 6. The number of halogens is 9. The first-order chi connectivity index (χ1) is 21.0. The lowest BCUT2D eigenvalue weighted by molar-refractivity contribution is -0.143. The molecule has 3 aromatic rings. The first-order valence-electron chi connectivity index (χ1n) is 14.5. The van der Waals surface area contributed by atoms with E-state index in [1.807, 2.05) is 4.90 Å². The maximum absolute atomic E-state index is 14.1. The fraction of sp³-hybridized carbons (Fsp3) is 0.552. The van der Waals surface area contributed by atoms with Crippen LogP contribution in [0.5, 0.6) is 0 Å². The lowest BCUT2D eigenvalue weighted by atomic mass is 9.93. The molecule has 1 atom stereocenters. The highest BCUT2D eigenvalue weighted by Crippen LogP contribution is 2.44. The van der Waals surface area contributed by atoms with Crippen LogP contribution in [0.15, 0.2) is 30.3 Å². The van der Waals surface area contributed by atoms with Crippen molar-refractivity contribution in [3.63, 3.8) is 0 Å². The van der Waals surface area contributed by atoms with Crippen molar-refractivity contribution in [1.82, 2.24) is 25.5 Å². The number of hydrogen-bond acceptors (Lipinski definition) is 6. The third-order valence-electron chi connectivity index (χ3n) is 8.35. The number of rotatable bonds is 6. The summed E-state index contributed by atoms with van der Waals surface area (Å²) in [6.07, 6.45) is -12.2. The van der Waals surface area contributed by atoms with Crippen LogP contribution in [-0.2, 0) is 32.1 Å². The molecule has 16 heteroatoms. The highest BCUT2D eigenvalue weighted by Gasteiger charge is 2.39. The highest BCUT2D eigenvalue weighted by molar-refractivity contribution is 5.62. The minimum Gasteiger partial charge on any atom is -0.371 e. The van der Waals surface area contributed by atoms with Gasteiger partial charge in [0.15, 0.2) is 0 Å². The molecule has 246 valence electrons. The van der Waals surface area contributed by atoms with Gasteiger partial charge in [-0.1, -0.05) is 11.2 Å². The van der Waals surface area contributed by atoms with E-state index in [0.717, 1.165) is 36.8 Å². The molecule has 5 rings (SSSR count). The highest BCUT2D eigenvalue weighted by atomic mass is 19.4. The number of alkyl halides is 9. The van der Waals surface area contributed by atoms with Crippen molar-refractivity contribution >= 4 is 11.6 Å². The minimum atomic E-state index is -5.05. The fourth-order valence-electron chi connectivity index (χ4n) is 6.22. The predicted octanol–water partition coefficient (Wildman–Crippen LogP) is 6.92. The van der Waals surface area contributed by atoms with Gasteiger partial charge in [0.1, 0.15) is 0 Å². The molecule has 2 aliphatic rings. The van der Waals surface area contributed by atoms with E-state index < -0.39 is 47.8 Å². The number of nitrogens with one attached hydrogen (secondary N) is 1. The van der Waals surface area contributed by atoms with E-state index in [1.54, 1.807) is 0 Å². The van der Waals surface area contributed by atoms with Crippen LogP contribution < -0.4 is 15.1 Å². The molecule has 3 heterocycles. The summed E-state index contributed by atoms with van der Waals surface area (Å²) in [7, 11) is 1.45. The van der Waals surface area contributed by atoms with E-state index in [1.165, 1.54) is 24.9 Å². The van der Waals surface area contributed by atoms with Crippen LogP contribution in [0, 0.1) is 12.8 Å². The van der Waals surface area contributed by atoms with Crippen LogP contribution in [0.2, 0.25) is 0 Å². The maximum atomic E-state index is 14.1. The average molecular weight is 650 g/mol. The molecule has 0 bridgehead atoms. The molecule has 1 N–H and O–H groups in total. The molecule has 1 unspecified atom stereocenters. The summed E-state index contributed by atoms with van der Waals surface area (Å²) in [6, 6.07) is 3.07. The third-order valence-corrected chi connectivity index (χ3v) is 8.35. The van der Waals surface area contributed by atoms with Gasteiger partial charge in [-0.05, 0) is 97.8 Å². The second kappa shape index (κ2) is 12.3. The largest absolute Gasteiger partial charge is 0.416 e. The molecule has 0 spiro atoms. The number of piperidine rings is 1. The second-order valence-electron chi connectivity index (χ2n) is 11.6. The van der Waals surface area contributed by atoms with Gasteiger partial charge >= 0.3 is 18.5 Å². The first kappa shape index (κ1) is 32.8. The maximum Gasteiger partial charge on any atom is 0.416 e. The zero-order valence-corrected chi connectivity index (χ0v) is 24.5. The SMILES string of the molecule is Cc1cc2c(cc1C(F)(F)F)N(CC1CCNCC1)CCCC2N(Cc1cc(C(F)(F)F)cc(C(F)(F)F)c1)c1nnn(C)n1. The molecule has 1 aromatic heterocycles.